The summed E-state index contributed by atoms with van der Waals surface area (Å²) in [5.41, 5.74) is -3.10. The summed E-state index contributed by atoms with van der Waals surface area (Å²) in [6, 6.07) is 0. The van der Waals surface area contributed by atoms with Gasteiger partial charge in [0.25, 0.3) is 0 Å². The Balaban J connectivity index is 5.13. The molecule has 13 heavy (non-hydrogen) atoms. The minimum Gasteiger partial charge on any atom is -0.545 e. The van der Waals surface area contributed by atoms with E-state index >= 15 is 0 Å². The van der Waals surface area contributed by atoms with E-state index in [1.165, 1.54) is 0 Å². The molecule has 0 aromatic rings. The number of halogens is 6. The minimum atomic E-state index is -5.75. The van der Waals surface area contributed by atoms with Crippen LogP contribution in [0.1, 0.15) is 0 Å². The molecular weight excluding hydrogens is 206 g/mol. The van der Waals surface area contributed by atoms with E-state index in [1.54, 1.807) is 0 Å². The maximum atomic E-state index is 11.5. The van der Waals surface area contributed by atoms with Crippen molar-refractivity contribution >= 4 is 5.97 Å². The first kappa shape index (κ1) is 11.8. The maximum Gasteiger partial charge on any atom is 0.421 e. The van der Waals surface area contributed by atoms with Crippen LogP contribution in [0.15, 0.2) is 11.6 Å². The second kappa shape index (κ2) is 3.27. The first-order valence-corrected chi connectivity index (χ1v) is 2.62. The summed E-state index contributed by atoms with van der Waals surface area (Å²) in [7, 11) is 0. The minimum absolute atomic E-state index is 1.03. The van der Waals surface area contributed by atoms with Gasteiger partial charge < -0.3 is 9.90 Å². The molecule has 0 radical (unpaired) electrons. The Morgan fingerprint density at radius 3 is 1.38 bits per heavy atom. The predicted molar refractivity (Wildman–Crippen MR) is 25.2 cm³/mol. The number of carbonyl (C=O) groups excluding carboxylic acids is 1. The Morgan fingerprint density at radius 1 is 1.00 bits per heavy atom. The number of carboxylic acids is 1. The normalized spacial score (nSPS) is 12.5. The highest BCUT2D eigenvalue weighted by atomic mass is 19.4. The van der Waals surface area contributed by atoms with E-state index in [0.717, 1.165) is 0 Å². The molecule has 0 unspecified atom stereocenters. The Bertz CT molecular complexity index is 218. The molecule has 0 saturated heterocycles. The molecule has 0 aliphatic rings. The highest BCUT2D eigenvalue weighted by molar-refractivity contribution is 5.79. The third kappa shape index (κ3) is 3.81. The number of allylic oxidation sites excluding steroid dienone is 1. The van der Waals surface area contributed by atoms with E-state index in [-0.39, 0.29) is 0 Å². The van der Waals surface area contributed by atoms with Crippen molar-refractivity contribution in [1.82, 2.24) is 0 Å². The zero-order valence-electron chi connectivity index (χ0n) is 5.66. The van der Waals surface area contributed by atoms with Crippen molar-refractivity contribution in [3.05, 3.63) is 11.6 Å². The molecule has 0 saturated carbocycles. The van der Waals surface area contributed by atoms with Crippen LogP contribution in [0, 0.1) is 0 Å². The van der Waals surface area contributed by atoms with Gasteiger partial charge in [-0.1, -0.05) is 0 Å². The second-order valence-corrected chi connectivity index (χ2v) is 1.87. The van der Waals surface area contributed by atoms with Crippen molar-refractivity contribution in [3.63, 3.8) is 0 Å². The Labute approximate surface area is 67.5 Å². The van der Waals surface area contributed by atoms with Gasteiger partial charge in [0.2, 0.25) is 0 Å². The van der Waals surface area contributed by atoms with Gasteiger partial charge in [0.1, 0.15) is 5.57 Å². The van der Waals surface area contributed by atoms with Crippen LogP contribution < -0.4 is 5.11 Å². The number of carbonyl (C=O) groups is 1. The molecule has 0 spiro atoms. The van der Waals surface area contributed by atoms with E-state index in [9.17, 15) is 36.2 Å². The zero-order chi connectivity index (χ0) is 10.9. The molecule has 0 heterocycles. The summed E-state index contributed by atoms with van der Waals surface area (Å²) in [6.45, 7) is 0. The zero-order valence-corrected chi connectivity index (χ0v) is 5.66. The molecule has 8 heteroatoms. The third-order valence-corrected chi connectivity index (χ3v) is 0.873. The summed E-state index contributed by atoms with van der Waals surface area (Å²) in [5.74, 6) is -2.55. The summed E-state index contributed by atoms with van der Waals surface area (Å²) < 4.78 is 69.0. The summed E-state index contributed by atoms with van der Waals surface area (Å²) >= 11 is 0. The van der Waals surface area contributed by atoms with E-state index in [0.29, 0.717) is 0 Å². The number of carboxylic acid groups (broad SMARTS) is 1. The molecule has 0 aromatic carbocycles. The molecular formula is C5HF6O2-. The molecule has 0 bridgehead atoms. The first-order chi connectivity index (χ1) is 5.55. The van der Waals surface area contributed by atoms with Crippen LogP contribution >= 0.6 is 0 Å². The standard InChI is InChI=1S/C5H2F6O2/c6-4(7,8)2(1-3(12)13)5(9,10)11/h1H,(H,12,13)/p-1. The van der Waals surface area contributed by atoms with Gasteiger partial charge in [-0.3, -0.25) is 0 Å². The van der Waals surface area contributed by atoms with Crippen molar-refractivity contribution in [2.24, 2.45) is 0 Å². The van der Waals surface area contributed by atoms with Gasteiger partial charge >= 0.3 is 12.4 Å². The largest absolute Gasteiger partial charge is 0.545 e. The monoisotopic (exact) mass is 207 g/mol. The van der Waals surface area contributed by atoms with Gasteiger partial charge in [0.15, 0.2) is 0 Å². The molecule has 0 aliphatic carbocycles. The van der Waals surface area contributed by atoms with Crippen LogP contribution in [0.3, 0.4) is 0 Å². The van der Waals surface area contributed by atoms with Crippen molar-refractivity contribution in [2.45, 2.75) is 12.4 Å². The third-order valence-electron chi connectivity index (χ3n) is 0.873. The van der Waals surface area contributed by atoms with E-state index in [2.05, 4.69) is 0 Å². The average Bonchev–Trinajstić information content (AvgIpc) is 1.77. The molecule has 0 N–H and O–H groups in total. The smallest absolute Gasteiger partial charge is 0.421 e. The topological polar surface area (TPSA) is 40.1 Å². The number of hydrogen-bond donors (Lipinski definition) is 0. The lowest BCUT2D eigenvalue weighted by molar-refractivity contribution is -0.298. The predicted octanol–water partition coefficient (Wildman–Crippen LogP) is 0.787. The fourth-order valence-electron chi connectivity index (χ4n) is 0.442. The highest BCUT2D eigenvalue weighted by Crippen LogP contribution is 2.38. The van der Waals surface area contributed by atoms with Crippen LogP contribution in [0.4, 0.5) is 26.3 Å². The summed E-state index contributed by atoms with van der Waals surface area (Å²) in [5, 5.41) is 9.52. The van der Waals surface area contributed by atoms with E-state index in [4.69, 9.17) is 0 Å². The highest BCUT2D eigenvalue weighted by Gasteiger charge is 2.50. The lowest BCUT2D eigenvalue weighted by Gasteiger charge is -2.14. The van der Waals surface area contributed by atoms with Crippen LogP contribution in [0.2, 0.25) is 0 Å². The average molecular weight is 207 g/mol. The number of hydrogen-bond acceptors (Lipinski definition) is 2. The fraction of sp³-hybridized carbons (Fsp3) is 0.400. The first-order valence-electron chi connectivity index (χ1n) is 2.62. The van der Waals surface area contributed by atoms with Crippen LogP contribution in [0.25, 0.3) is 0 Å². The van der Waals surface area contributed by atoms with E-state index in [1.807, 2.05) is 0 Å². The molecule has 0 aromatic heterocycles. The number of rotatable bonds is 1. The lowest BCUT2D eigenvalue weighted by atomic mass is 10.2. The second-order valence-electron chi connectivity index (χ2n) is 1.87. The van der Waals surface area contributed by atoms with Gasteiger partial charge in [-0.05, 0) is 6.08 Å². The van der Waals surface area contributed by atoms with E-state index < -0.39 is 30.0 Å². The molecule has 2 nitrogen and oxygen atoms in total. The quantitative estimate of drug-likeness (QED) is 0.471. The van der Waals surface area contributed by atoms with Crippen molar-refractivity contribution < 1.29 is 36.2 Å². The van der Waals surface area contributed by atoms with Crippen LogP contribution in [-0.2, 0) is 4.79 Å². The van der Waals surface area contributed by atoms with Crippen LogP contribution in [-0.4, -0.2) is 18.3 Å². The van der Waals surface area contributed by atoms with Crippen LogP contribution in [0.5, 0.6) is 0 Å². The molecule has 76 valence electrons. The van der Waals surface area contributed by atoms with Gasteiger partial charge in [-0.15, -0.1) is 0 Å². The Hall–Kier alpha value is -1.21. The van der Waals surface area contributed by atoms with Gasteiger partial charge in [0.05, 0.1) is 5.97 Å². The Kier molecular flexibility index (Phi) is 2.96. The molecule has 0 rings (SSSR count). The SMILES string of the molecule is O=C([O-])C=C(C(F)(F)F)C(F)(F)F. The Morgan fingerprint density at radius 2 is 1.31 bits per heavy atom. The number of aliphatic carboxylic acids is 1. The summed E-state index contributed by atoms with van der Waals surface area (Å²) in [4.78, 5) is 9.52. The van der Waals surface area contributed by atoms with Crippen molar-refractivity contribution in [2.75, 3.05) is 0 Å². The molecule has 0 fully saturated rings. The van der Waals surface area contributed by atoms with Crippen molar-refractivity contribution in [3.8, 4) is 0 Å². The molecule has 0 aliphatic heterocycles. The van der Waals surface area contributed by atoms with Gasteiger partial charge in [-0.25, -0.2) is 0 Å². The number of alkyl halides is 6. The van der Waals surface area contributed by atoms with Gasteiger partial charge in [-0.2, -0.15) is 26.3 Å². The summed E-state index contributed by atoms with van der Waals surface area (Å²) in [6.07, 6.45) is -12.5. The lowest BCUT2D eigenvalue weighted by Crippen LogP contribution is -2.30. The fourth-order valence-corrected chi connectivity index (χ4v) is 0.442. The molecule has 0 amide bonds. The van der Waals surface area contributed by atoms with Crippen molar-refractivity contribution in [1.29, 1.82) is 0 Å². The van der Waals surface area contributed by atoms with Gasteiger partial charge in [0, 0.05) is 0 Å². The maximum absolute atomic E-state index is 11.5. The molecule has 0 atom stereocenters.